The number of nitro groups is 1. The van der Waals surface area contributed by atoms with Crippen LogP contribution in [0.3, 0.4) is 0 Å². The lowest BCUT2D eigenvalue weighted by molar-refractivity contribution is -0.383. The molecule has 0 radical (unpaired) electrons. The Kier molecular flexibility index (Phi) is 4.57. The molecule has 0 amide bonds. The van der Waals surface area contributed by atoms with Gasteiger partial charge in [-0.1, -0.05) is 6.07 Å². The molecule has 8 nitrogen and oxygen atoms in total. The lowest BCUT2D eigenvalue weighted by Crippen LogP contribution is -2.10. The summed E-state index contributed by atoms with van der Waals surface area (Å²) in [5.74, 6) is 0. The molecule has 0 atom stereocenters. The topological polar surface area (TPSA) is 104 Å². The number of nitro benzene ring substituents is 1. The smallest absolute Gasteiger partial charge is 0.293 e. The standard InChI is InChI=1S/C18H19N5O3/c1-11-6-13(22(2)3)5-4-12(11)9-19-16-8-15-14(7-17(16)23(25)26)18(24)21-10-20-15/h4-8,10,19H,9H2,1-3H3,(H,20,21,24). The van der Waals surface area contributed by atoms with Crippen molar-refractivity contribution in [1.29, 1.82) is 0 Å². The van der Waals surface area contributed by atoms with Crippen LogP contribution in [0, 0.1) is 17.0 Å². The fraction of sp³-hybridized carbons (Fsp3) is 0.222. The zero-order valence-corrected chi connectivity index (χ0v) is 14.7. The highest BCUT2D eigenvalue weighted by Crippen LogP contribution is 2.29. The van der Waals surface area contributed by atoms with Crippen LogP contribution < -0.4 is 15.8 Å². The number of rotatable bonds is 5. The summed E-state index contributed by atoms with van der Waals surface area (Å²) in [5, 5.41) is 14.7. The molecule has 0 saturated heterocycles. The van der Waals surface area contributed by atoms with Crippen LogP contribution in [0.4, 0.5) is 17.1 Å². The Morgan fingerprint density at radius 1 is 1.27 bits per heavy atom. The summed E-state index contributed by atoms with van der Waals surface area (Å²) in [4.78, 5) is 31.3. The van der Waals surface area contributed by atoms with Gasteiger partial charge in [0.2, 0.25) is 0 Å². The minimum Gasteiger partial charge on any atom is -0.378 e. The number of aromatic amines is 1. The maximum atomic E-state index is 11.8. The van der Waals surface area contributed by atoms with E-state index in [4.69, 9.17) is 0 Å². The van der Waals surface area contributed by atoms with Crippen LogP contribution in [0.2, 0.25) is 0 Å². The molecular weight excluding hydrogens is 334 g/mol. The van der Waals surface area contributed by atoms with E-state index in [0.29, 0.717) is 17.7 Å². The fourth-order valence-electron chi connectivity index (χ4n) is 2.74. The number of hydrogen-bond donors (Lipinski definition) is 2. The molecule has 3 aromatic rings. The summed E-state index contributed by atoms with van der Waals surface area (Å²) in [5.41, 5.74) is 3.38. The van der Waals surface area contributed by atoms with Gasteiger partial charge in [0.25, 0.3) is 11.2 Å². The van der Waals surface area contributed by atoms with Crippen molar-refractivity contribution in [3.05, 3.63) is 68.3 Å². The maximum absolute atomic E-state index is 11.8. The van der Waals surface area contributed by atoms with E-state index >= 15 is 0 Å². The molecule has 0 fully saturated rings. The van der Waals surface area contributed by atoms with Gasteiger partial charge in [0.05, 0.1) is 22.2 Å². The average molecular weight is 353 g/mol. The van der Waals surface area contributed by atoms with Crippen molar-refractivity contribution in [3.8, 4) is 0 Å². The van der Waals surface area contributed by atoms with Crippen LogP contribution in [0.1, 0.15) is 11.1 Å². The Hall–Kier alpha value is -3.42. The predicted molar refractivity (Wildman–Crippen MR) is 102 cm³/mol. The number of H-pyrrole nitrogens is 1. The van der Waals surface area contributed by atoms with E-state index in [1.54, 1.807) is 0 Å². The molecule has 0 aliphatic rings. The minimum atomic E-state index is -0.504. The van der Waals surface area contributed by atoms with E-state index in [1.165, 1.54) is 18.5 Å². The molecule has 1 aromatic heterocycles. The molecule has 0 saturated carbocycles. The van der Waals surface area contributed by atoms with Crippen molar-refractivity contribution in [2.45, 2.75) is 13.5 Å². The van der Waals surface area contributed by atoms with E-state index < -0.39 is 10.5 Å². The van der Waals surface area contributed by atoms with Gasteiger partial charge in [0, 0.05) is 32.4 Å². The summed E-state index contributed by atoms with van der Waals surface area (Å²) < 4.78 is 0. The van der Waals surface area contributed by atoms with Crippen LogP contribution in [0.25, 0.3) is 10.9 Å². The Morgan fingerprint density at radius 3 is 2.69 bits per heavy atom. The monoisotopic (exact) mass is 353 g/mol. The summed E-state index contributed by atoms with van der Waals surface area (Å²) in [7, 11) is 3.94. The second-order valence-electron chi connectivity index (χ2n) is 6.23. The molecule has 8 heteroatoms. The van der Waals surface area contributed by atoms with Gasteiger partial charge in [0.1, 0.15) is 5.69 Å². The Morgan fingerprint density at radius 2 is 2.04 bits per heavy atom. The first-order valence-electron chi connectivity index (χ1n) is 8.03. The molecule has 0 aliphatic heterocycles. The van der Waals surface area contributed by atoms with Crippen molar-refractivity contribution in [3.63, 3.8) is 0 Å². The van der Waals surface area contributed by atoms with E-state index in [1.807, 2.05) is 38.1 Å². The largest absolute Gasteiger partial charge is 0.378 e. The summed E-state index contributed by atoms with van der Waals surface area (Å²) >= 11 is 0. The van der Waals surface area contributed by atoms with Gasteiger partial charge in [-0.15, -0.1) is 0 Å². The second kappa shape index (κ2) is 6.83. The van der Waals surface area contributed by atoms with E-state index in [2.05, 4.69) is 21.4 Å². The van der Waals surface area contributed by atoms with Crippen LogP contribution in [0.15, 0.2) is 41.5 Å². The summed E-state index contributed by atoms with van der Waals surface area (Å²) in [6.07, 6.45) is 1.28. The highest BCUT2D eigenvalue weighted by molar-refractivity contribution is 5.86. The van der Waals surface area contributed by atoms with Crippen molar-refractivity contribution in [2.24, 2.45) is 0 Å². The lowest BCUT2D eigenvalue weighted by Gasteiger charge is -2.16. The van der Waals surface area contributed by atoms with Crippen molar-refractivity contribution >= 4 is 28.0 Å². The zero-order chi connectivity index (χ0) is 18.8. The third kappa shape index (κ3) is 3.34. The lowest BCUT2D eigenvalue weighted by atomic mass is 10.1. The number of aromatic nitrogens is 2. The van der Waals surface area contributed by atoms with Crippen molar-refractivity contribution in [2.75, 3.05) is 24.3 Å². The number of hydrogen-bond acceptors (Lipinski definition) is 6. The first kappa shape index (κ1) is 17.4. The highest BCUT2D eigenvalue weighted by Gasteiger charge is 2.17. The van der Waals surface area contributed by atoms with Crippen LogP contribution in [0.5, 0.6) is 0 Å². The maximum Gasteiger partial charge on any atom is 0.293 e. The fourth-order valence-corrected chi connectivity index (χ4v) is 2.74. The molecule has 0 spiro atoms. The molecule has 0 bridgehead atoms. The minimum absolute atomic E-state index is 0.154. The zero-order valence-electron chi connectivity index (χ0n) is 14.7. The van der Waals surface area contributed by atoms with Crippen LogP contribution >= 0.6 is 0 Å². The highest BCUT2D eigenvalue weighted by atomic mass is 16.6. The molecule has 0 aliphatic carbocycles. The molecule has 26 heavy (non-hydrogen) atoms. The van der Waals surface area contributed by atoms with Crippen LogP contribution in [-0.2, 0) is 6.54 Å². The normalized spacial score (nSPS) is 10.7. The number of benzene rings is 2. The molecule has 0 unspecified atom stereocenters. The van der Waals surface area contributed by atoms with Crippen molar-refractivity contribution < 1.29 is 4.92 Å². The van der Waals surface area contributed by atoms with Crippen molar-refractivity contribution in [1.82, 2.24) is 9.97 Å². The molecular formula is C18H19N5O3. The summed E-state index contributed by atoms with van der Waals surface area (Å²) in [6.45, 7) is 2.43. The van der Waals surface area contributed by atoms with Gasteiger partial charge >= 0.3 is 0 Å². The van der Waals surface area contributed by atoms with Gasteiger partial charge in [-0.3, -0.25) is 14.9 Å². The summed E-state index contributed by atoms with van der Waals surface area (Å²) in [6, 6.07) is 8.85. The van der Waals surface area contributed by atoms with Crippen LogP contribution in [-0.4, -0.2) is 29.0 Å². The molecule has 3 rings (SSSR count). The van der Waals surface area contributed by atoms with Gasteiger partial charge in [0.15, 0.2) is 0 Å². The second-order valence-corrected chi connectivity index (χ2v) is 6.23. The first-order valence-corrected chi connectivity index (χ1v) is 8.03. The van der Waals surface area contributed by atoms with Gasteiger partial charge < -0.3 is 15.2 Å². The first-order chi connectivity index (χ1) is 12.4. The Bertz CT molecular complexity index is 1040. The SMILES string of the molecule is Cc1cc(N(C)C)ccc1CNc1cc2nc[nH]c(=O)c2cc1[N+](=O)[O-]. The van der Waals surface area contributed by atoms with E-state index in [9.17, 15) is 14.9 Å². The van der Waals surface area contributed by atoms with E-state index in [0.717, 1.165) is 16.8 Å². The van der Waals surface area contributed by atoms with Gasteiger partial charge in [-0.2, -0.15) is 0 Å². The molecule has 1 heterocycles. The number of nitrogens with zero attached hydrogens (tertiary/aromatic N) is 3. The Balaban J connectivity index is 1.94. The molecule has 2 aromatic carbocycles. The van der Waals surface area contributed by atoms with E-state index in [-0.39, 0.29) is 11.1 Å². The number of fused-ring (bicyclic) bond motifs is 1. The van der Waals surface area contributed by atoms with Gasteiger partial charge in [-0.05, 0) is 36.2 Å². The predicted octanol–water partition coefficient (Wildman–Crippen LogP) is 2.82. The Labute approximate surface area is 149 Å². The number of aryl methyl sites for hydroxylation is 1. The quantitative estimate of drug-likeness (QED) is 0.540. The molecule has 2 N–H and O–H groups in total. The number of anilines is 2. The number of nitrogens with one attached hydrogen (secondary N) is 2. The molecule has 134 valence electrons. The van der Waals surface area contributed by atoms with Gasteiger partial charge in [-0.25, -0.2) is 4.98 Å². The average Bonchev–Trinajstić information content (AvgIpc) is 2.60. The third-order valence-electron chi connectivity index (χ3n) is 4.27. The third-order valence-corrected chi connectivity index (χ3v) is 4.27.